The first-order valence-electron chi connectivity index (χ1n) is 13.1. The Morgan fingerprint density at radius 2 is 1.40 bits per heavy atom. The van der Waals surface area contributed by atoms with Crippen LogP contribution in [0.1, 0.15) is 37.3 Å². The maximum absolute atomic E-state index is 13.2. The number of nitrogens with two attached hydrogens (primary N) is 2. The smallest absolute Gasteiger partial charge is 0.326 e. The Balaban J connectivity index is 2.18. The number of benzene rings is 2. The summed E-state index contributed by atoms with van der Waals surface area (Å²) in [6.45, 7) is 1.68. The number of phenols is 1. The number of carboxylic acid groups (broad SMARTS) is 1. The van der Waals surface area contributed by atoms with E-state index in [1.165, 1.54) is 19.1 Å². The lowest BCUT2D eigenvalue weighted by Crippen LogP contribution is -2.60. The van der Waals surface area contributed by atoms with Crippen LogP contribution in [0, 0.1) is 0 Å². The van der Waals surface area contributed by atoms with E-state index in [1.54, 1.807) is 36.4 Å². The average Bonchev–Trinajstić information content (AvgIpc) is 2.91. The topological polar surface area (TPSA) is 217 Å². The van der Waals surface area contributed by atoms with E-state index in [2.05, 4.69) is 16.0 Å². The fourth-order valence-electron chi connectivity index (χ4n) is 3.99. The molecule has 12 nitrogen and oxygen atoms in total. The van der Waals surface area contributed by atoms with Crippen LogP contribution in [0.2, 0.25) is 0 Å². The molecule has 0 bridgehead atoms. The molecule has 0 aliphatic heterocycles. The zero-order valence-corrected chi connectivity index (χ0v) is 22.5. The molecule has 5 unspecified atom stereocenters. The van der Waals surface area contributed by atoms with E-state index < -0.39 is 54.0 Å². The number of hydrogen-bond donors (Lipinski definition) is 8. The van der Waals surface area contributed by atoms with Crippen LogP contribution in [-0.4, -0.2) is 75.8 Å². The Morgan fingerprint density at radius 3 is 1.98 bits per heavy atom. The number of aromatic hydroxyl groups is 1. The van der Waals surface area contributed by atoms with Crippen LogP contribution in [0.5, 0.6) is 5.75 Å². The van der Waals surface area contributed by atoms with E-state index in [1.807, 2.05) is 6.07 Å². The van der Waals surface area contributed by atoms with E-state index >= 15 is 0 Å². The van der Waals surface area contributed by atoms with E-state index in [-0.39, 0.29) is 25.0 Å². The van der Waals surface area contributed by atoms with Gasteiger partial charge in [0.05, 0.1) is 12.1 Å². The summed E-state index contributed by atoms with van der Waals surface area (Å²) in [5.74, 6) is -3.53. The van der Waals surface area contributed by atoms with E-state index in [0.717, 1.165) is 5.56 Å². The van der Waals surface area contributed by atoms with Gasteiger partial charge in [-0.1, -0.05) is 42.5 Å². The van der Waals surface area contributed by atoms with Crippen LogP contribution in [0.4, 0.5) is 0 Å². The number of nitrogens with one attached hydrogen (secondary N) is 3. The molecule has 0 saturated carbocycles. The molecule has 0 aliphatic rings. The van der Waals surface area contributed by atoms with Crippen LogP contribution in [0.15, 0.2) is 54.6 Å². The fourth-order valence-corrected chi connectivity index (χ4v) is 3.99. The second-order valence-corrected chi connectivity index (χ2v) is 9.64. The Kier molecular flexibility index (Phi) is 13.0. The molecular weight excluding hydrogens is 518 g/mol. The van der Waals surface area contributed by atoms with Crippen LogP contribution < -0.4 is 27.4 Å². The van der Waals surface area contributed by atoms with Crippen LogP contribution >= 0.6 is 0 Å². The maximum Gasteiger partial charge on any atom is 0.326 e. The maximum atomic E-state index is 13.2. The molecule has 0 aliphatic carbocycles. The standard InChI is InChI=1S/C28H39N5O7/c1-17(34)24(33-25(36)21(30)15-18-7-3-2-4-8-18)27(38)32-23(16-19-10-12-20(35)13-11-19)26(37)31-22(28(39)40)9-5-6-14-29/h2-4,7-8,10-13,17,21-24,34-35H,5-6,9,14-16,29-30H2,1H3,(H,31,37)(H,32,38)(H,33,36)(H,39,40). The lowest BCUT2D eigenvalue weighted by molar-refractivity contribution is -0.142. The van der Waals surface area contributed by atoms with Crippen molar-refractivity contribution in [3.8, 4) is 5.75 Å². The number of phenolic OH excluding ortho intramolecular Hbond substituents is 1. The highest BCUT2D eigenvalue weighted by atomic mass is 16.4. The van der Waals surface area contributed by atoms with E-state index in [0.29, 0.717) is 24.9 Å². The highest BCUT2D eigenvalue weighted by Crippen LogP contribution is 2.12. The van der Waals surface area contributed by atoms with Crippen molar-refractivity contribution in [3.63, 3.8) is 0 Å². The van der Waals surface area contributed by atoms with Gasteiger partial charge in [-0.15, -0.1) is 0 Å². The monoisotopic (exact) mass is 557 g/mol. The summed E-state index contributed by atoms with van der Waals surface area (Å²) < 4.78 is 0. The number of hydrogen-bond acceptors (Lipinski definition) is 8. The number of aliphatic hydroxyl groups excluding tert-OH is 1. The third kappa shape index (κ3) is 10.6. The van der Waals surface area contributed by atoms with Gasteiger partial charge < -0.3 is 42.7 Å². The van der Waals surface area contributed by atoms with Crippen molar-refractivity contribution in [3.05, 3.63) is 65.7 Å². The van der Waals surface area contributed by atoms with Crippen molar-refractivity contribution in [2.24, 2.45) is 11.5 Å². The van der Waals surface area contributed by atoms with Gasteiger partial charge in [0.1, 0.15) is 23.9 Å². The molecule has 10 N–H and O–H groups in total. The van der Waals surface area contributed by atoms with Gasteiger partial charge in [0.25, 0.3) is 0 Å². The molecule has 218 valence electrons. The summed E-state index contributed by atoms with van der Waals surface area (Å²) in [6.07, 6.45) is 0.00355. The van der Waals surface area contributed by atoms with Crippen LogP contribution in [0.3, 0.4) is 0 Å². The Labute approximate surface area is 233 Å². The lowest BCUT2D eigenvalue weighted by Gasteiger charge is -2.26. The quantitative estimate of drug-likeness (QED) is 0.125. The van der Waals surface area contributed by atoms with E-state index in [9.17, 15) is 34.5 Å². The van der Waals surface area contributed by atoms with Crippen LogP contribution in [-0.2, 0) is 32.0 Å². The first kappa shape index (κ1) is 32.2. The number of carbonyl (C=O) groups is 4. The average molecular weight is 558 g/mol. The van der Waals surface area contributed by atoms with Gasteiger partial charge in [-0.05, 0) is 62.4 Å². The number of unbranched alkanes of at least 4 members (excludes halogenated alkanes) is 1. The molecule has 0 spiro atoms. The molecule has 0 fully saturated rings. The molecule has 12 heteroatoms. The highest BCUT2D eigenvalue weighted by molar-refractivity contribution is 5.94. The molecule has 3 amide bonds. The summed E-state index contributed by atoms with van der Waals surface area (Å²) in [4.78, 5) is 50.9. The lowest BCUT2D eigenvalue weighted by atomic mass is 10.0. The Bertz CT molecular complexity index is 1110. The number of rotatable bonds is 16. The van der Waals surface area contributed by atoms with Crippen molar-refractivity contribution in [2.45, 2.75) is 69.3 Å². The summed E-state index contributed by atoms with van der Waals surface area (Å²) in [5, 5.41) is 36.9. The minimum atomic E-state index is -1.44. The number of aliphatic carboxylic acids is 1. The predicted octanol–water partition coefficient (Wildman–Crippen LogP) is -0.446. The third-order valence-corrected chi connectivity index (χ3v) is 6.27. The summed E-state index contributed by atoms with van der Waals surface area (Å²) >= 11 is 0. The normalized spacial score (nSPS) is 14.7. The largest absolute Gasteiger partial charge is 0.508 e. The van der Waals surface area contributed by atoms with Crippen molar-refractivity contribution < 1.29 is 34.5 Å². The van der Waals surface area contributed by atoms with Gasteiger partial charge in [0.15, 0.2) is 0 Å². The predicted molar refractivity (Wildman–Crippen MR) is 148 cm³/mol. The zero-order valence-electron chi connectivity index (χ0n) is 22.5. The third-order valence-electron chi connectivity index (χ3n) is 6.27. The van der Waals surface area contributed by atoms with Crippen molar-refractivity contribution >= 4 is 23.7 Å². The van der Waals surface area contributed by atoms with Crippen LogP contribution in [0.25, 0.3) is 0 Å². The second-order valence-electron chi connectivity index (χ2n) is 9.64. The molecule has 40 heavy (non-hydrogen) atoms. The minimum Gasteiger partial charge on any atom is -0.508 e. The van der Waals surface area contributed by atoms with Crippen molar-refractivity contribution in [1.29, 1.82) is 0 Å². The molecule has 0 radical (unpaired) electrons. The minimum absolute atomic E-state index is 0.00311. The Hall–Kier alpha value is -4.00. The number of carboxylic acids is 1. The van der Waals surface area contributed by atoms with Crippen molar-refractivity contribution in [1.82, 2.24) is 16.0 Å². The number of amides is 3. The molecular formula is C28H39N5O7. The van der Waals surface area contributed by atoms with Gasteiger partial charge in [0, 0.05) is 6.42 Å². The first-order chi connectivity index (χ1) is 19.0. The summed E-state index contributed by atoms with van der Waals surface area (Å²) in [6, 6.07) is 10.1. The highest BCUT2D eigenvalue weighted by Gasteiger charge is 2.32. The molecule has 2 aromatic rings. The zero-order chi connectivity index (χ0) is 29.7. The van der Waals surface area contributed by atoms with E-state index in [4.69, 9.17) is 11.5 Å². The Morgan fingerprint density at radius 1 is 0.800 bits per heavy atom. The number of carbonyl (C=O) groups excluding carboxylic acids is 3. The fraction of sp³-hybridized carbons (Fsp3) is 0.429. The SMILES string of the molecule is CC(O)C(NC(=O)C(N)Cc1ccccc1)C(=O)NC(Cc1ccc(O)cc1)C(=O)NC(CCCCN)C(=O)O. The van der Waals surface area contributed by atoms with Gasteiger partial charge in [-0.25, -0.2) is 4.79 Å². The van der Waals surface area contributed by atoms with Gasteiger partial charge in [0.2, 0.25) is 17.7 Å². The second kappa shape index (κ2) is 16.2. The summed E-state index contributed by atoms with van der Waals surface area (Å²) in [7, 11) is 0. The summed E-state index contributed by atoms with van der Waals surface area (Å²) in [5.41, 5.74) is 12.9. The van der Waals surface area contributed by atoms with Crippen molar-refractivity contribution in [2.75, 3.05) is 6.54 Å². The van der Waals surface area contributed by atoms with Gasteiger partial charge >= 0.3 is 5.97 Å². The molecule has 0 heterocycles. The molecule has 0 aromatic heterocycles. The molecule has 5 atom stereocenters. The van der Waals surface area contributed by atoms with Gasteiger partial charge in [-0.3, -0.25) is 14.4 Å². The molecule has 0 saturated heterocycles. The molecule has 2 rings (SSSR count). The first-order valence-corrected chi connectivity index (χ1v) is 13.1. The van der Waals surface area contributed by atoms with Gasteiger partial charge in [-0.2, -0.15) is 0 Å². The molecule has 2 aromatic carbocycles. The number of aliphatic hydroxyl groups is 1.